The summed E-state index contributed by atoms with van der Waals surface area (Å²) < 4.78 is 10.9. The predicted molar refractivity (Wildman–Crippen MR) is 102 cm³/mol. The standard InChI is InChI=1S/C21H28N2O4/c1-13-10-18(15(3)26-13)20(24)22-8-7-17-6-5-9-23(12-17)21(25)19-11-14(2)27-16(19)4/h10-11,17H,5-9,12H2,1-4H3,(H,22,24). The second-order valence-corrected chi connectivity index (χ2v) is 7.46. The minimum absolute atomic E-state index is 0.0441. The molecule has 3 heterocycles. The average Bonchev–Trinajstić information content (AvgIpc) is 3.14. The van der Waals surface area contributed by atoms with Crippen LogP contribution in [0.3, 0.4) is 0 Å². The number of hydrogen-bond donors (Lipinski definition) is 1. The van der Waals surface area contributed by atoms with Gasteiger partial charge in [-0.15, -0.1) is 0 Å². The molecule has 0 saturated carbocycles. The van der Waals surface area contributed by atoms with Crippen LogP contribution < -0.4 is 5.32 Å². The molecule has 1 atom stereocenters. The van der Waals surface area contributed by atoms with Gasteiger partial charge in [-0.3, -0.25) is 9.59 Å². The lowest BCUT2D eigenvalue weighted by molar-refractivity contribution is 0.0663. The van der Waals surface area contributed by atoms with Gasteiger partial charge in [0.1, 0.15) is 23.0 Å². The summed E-state index contributed by atoms with van der Waals surface area (Å²) in [6.45, 7) is 9.41. The van der Waals surface area contributed by atoms with Crippen LogP contribution >= 0.6 is 0 Å². The molecule has 2 aromatic heterocycles. The molecule has 2 amide bonds. The molecule has 146 valence electrons. The van der Waals surface area contributed by atoms with Gasteiger partial charge in [0.25, 0.3) is 11.8 Å². The maximum absolute atomic E-state index is 12.8. The van der Waals surface area contributed by atoms with E-state index in [1.165, 1.54) is 0 Å². The highest BCUT2D eigenvalue weighted by atomic mass is 16.3. The molecule has 1 unspecified atom stereocenters. The summed E-state index contributed by atoms with van der Waals surface area (Å²) in [5, 5.41) is 2.97. The van der Waals surface area contributed by atoms with Crippen LogP contribution in [0.2, 0.25) is 0 Å². The van der Waals surface area contributed by atoms with E-state index in [4.69, 9.17) is 8.83 Å². The Morgan fingerprint density at radius 3 is 2.30 bits per heavy atom. The van der Waals surface area contributed by atoms with Gasteiger partial charge in [0, 0.05) is 19.6 Å². The van der Waals surface area contributed by atoms with E-state index in [-0.39, 0.29) is 11.8 Å². The highest BCUT2D eigenvalue weighted by molar-refractivity contribution is 5.95. The smallest absolute Gasteiger partial charge is 0.257 e. The molecular formula is C21H28N2O4. The highest BCUT2D eigenvalue weighted by Crippen LogP contribution is 2.23. The van der Waals surface area contributed by atoms with E-state index in [9.17, 15) is 9.59 Å². The third-order valence-electron chi connectivity index (χ3n) is 5.20. The van der Waals surface area contributed by atoms with Crippen molar-refractivity contribution in [3.05, 3.63) is 46.3 Å². The summed E-state index contributed by atoms with van der Waals surface area (Å²) in [6, 6.07) is 3.58. The molecule has 1 aliphatic rings. The van der Waals surface area contributed by atoms with Crippen LogP contribution in [0, 0.1) is 33.6 Å². The predicted octanol–water partition coefficient (Wildman–Crippen LogP) is 3.78. The molecule has 0 aromatic carbocycles. The maximum Gasteiger partial charge on any atom is 0.257 e. The van der Waals surface area contributed by atoms with Crippen molar-refractivity contribution >= 4 is 11.8 Å². The minimum Gasteiger partial charge on any atom is -0.466 e. The number of hydrogen-bond acceptors (Lipinski definition) is 4. The Labute approximate surface area is 159 Å². The van der Waals surface area contributed by atoms with Gasteiger partial charge in [-0.2, -0.15) is 0 Å². The van der Waals surface area contributed by atoms with Gasteiger partial charge in [0.2, 0.25) is 0 Å². The first kappa shape index (κ1) is 19.3. The lowest BCUT2D eigenvalue weighted by atomic mass is 9.94. The fourth-order valence-corrected chi connectivity index (χ4v) is 3.84. The molecule has 3 rings (SSSR count). The van der Waals surface area contributed by atoms with Gasteiger partial charge >= 0.3 is 0 Å². The molecule has 0 spiro atoms. The lowest BCUT2D eigenvalue weighted by Gasteiger charge is -2.32. The van der Waals surface area contributed by atoms with Crippen LogP contribution in [0.5, 0.6) is 0 Å². The summed E-state index contributed by atoms with van der Waals surface area (Å²) >= 11 is 0. The largest absolute Gasteiger partial charge is 0.466 e. The summed E-state index contributed by atoms with van der Waals surface area (Å²) in [6.07, 6.45) is 2.92. The van der Waals surface area contributed by atoms with Crippen LogP contribution in [0.25, 0.3) is 0 Å². The Kier molecular flexibility index (Phi) is 5.73. The Hall–Kier alpha value is -2.50. The second-order valence-electron chi connectivity index (χ2n) is 7.46. The van der Waals surface area contributed by atoms with Gasteiger partial charge < -0.3 is 19.1 Å². The third-order valence-corrected chi connectivity index (χ3v) is 5.20. The molecule has 27 heavy (non-hydrogen) atoms. The quantitative estimate of drug-likeness (QED) is 0.867. The normalized spacial score (nSPS) is 17.2. The Morgan fingerprint density at radius 2 is 1.70 bits per heavy atom. The van der Waals surface area contributed by atoms with Gasteiger partial charge in [-0.1, -0.05) is 0 Å². The number of amides is 2. The molecule has 0 radical (unpaired) electrons. The topological polar surface area (TPSA) is 75.7 Å². The molecular weight excluding hydrogens is 344 g/mol. The molecule has 0 bridgehead atoms. The van der Waals surface area contributed by atoms with E-state index in [2.05, 4.69) is 5.32 Å². The number of furan rings is 2. The summed E-state index contributed by atoms with van der Waals surface area (Å²) in [5.74, 6) is 3.16. The molecule has 1 aliphatic heterocycles. The molecule has 1 saturated heterocycles. The van der Waals surface area contributed by atoms with E-state index in [0.29, 0.717) is 35.1 Å². The SMILES string of the molecule is Cc1cc(C(=O)NCCC2CCCN(C(=O)c3cc(C)oc3C)C2)c(C)o1. The van der Waals surface area contributed by atoms with E-state index in [0.717, 1.165) is 43.9 Å². The zero-order chi connectivity index (χ0) is 19.6. The number of nitrogens with one attached hydrogen (secondary N) is 1. The Bertz CT molecular complexity index is 833. The van der Waals surface area contributed by atoms with Gasteiger partial charge in [-0.25, -0.2) is 0 Å². The van der Waals surface area contributed by atoms with E-state index >= 15 is 0 Å². The molecule has 1 fully saturated rings. The number of carbonyl (C=O) groups excluding carboxylic acids is 2. The average molecular weight is 372 g/mol. The van der Waals surface area contributed by atoms with Crippen LogP contribution in [-0.4, -0.2) is 36.3 Å². The molecule has 2 aromatic rings. The third kappa shape index (κ3) is 4.43. The molecule has 6 heteroatoms. The number of aryl methyl sites for hydroxylation is 4. The van der Waals surface area contributed by atoms with Crippen molar-refractivity contribution in [1.29, 1.82) is 0 Å². The monoisotopic (exact) mass is 372 g/mol. The van der Waals surface area contributed by atoms with Gasteiger partial charge in [-0.05, 0) is 65.0 Å². The van der Waals surface area contributed by atoms with Crippen molar-refractivity contribution in [2.45, 2.75) is 47.0 Å². The van der Waals surface area contributed by atoms with E-state index in [1.54, 1.807) is 13.0 Å². The summed E-state index contributed by atoms with van der Waals surface area (Å²) in [4.78, 5) is 27.0. The first-order chi connectivity index (χ1) is 12.8. The number of piperidine rings is 1. The highest BCUT2D eigenvalue weighted by Gasteiger charge is 2.26. The van der Waals surface area contributed by atoms with Crippen LogP contribution in [0.4, 0.5) is 0 Å². The van der Waals surface area contributed by atoms with Crippen molar-refractivity contribution in [3.8, 4) is 0 Å². The molecule has 0 aliphatic carbocycles. The Balaban J connectivity index is 1.51. The maximum atomic E-state index is 12.8. The van der Waals surface area contributed by atoms with E-state index in [1.807, 2.05) is 31.7 Å². The fraction of sp³-hybridized carbons (Fsp3) is 0.524. The van der Waals surface area contributed by atoms with Crippen molar-refractivity contribution in [2.75, 3.05) is 19.6 Å². The lowest BCUT2D eigenvalue weighted by Crippen LogP contribution is -2.41. The zero-order valence-electron chi connectivity index (χ0n) is 16.6. The van der Waals surface area contributed by atoms with Crippen LogP contribution in [0.1, 0.15) is 63.0 Å². The fourth-order valence-electron chi connectivity index (χ4n) is 3.84. The van der Waals surface area contributed by atoms with Crippen molar-refractivity contribution < 1.29 is 18.4 Å². The van der Waals surface area contributed by atoms with Gasteiger partial charge in [0.05, 0.1) is 11.1 Å². The molecule has 6 nitrogen and oxygen atoms in total. The van der Waals surface area contributed by atoms with Crippen molar-refractivity contribution in [3.63, 3.8) is 0 Å². The number of carbonyl (C=O) groups is 2. The van der Waals surface area contributed by atoms with Crippen LogP contribution in [-0.2, 0) is 0 Å². The molecule has 1 N–H and O–H groups in total. The number of likely N-dealkylation sites (tertiary alicyclic amines) is 1. The second kappa shape index (κ2) is 8.03. The summed E-state index contributed by atoms with van der Waals surface area (Å²) in [7, 11) is 0. The van der Waals surface area contributed by atoms with Gasteiger partial charge in [0.15, 0.2) is 0 Å². The summed E-state index contributed by atoms with van der Waals surface area (Å²) in [5.41, 5.74) is 1.26. The van der Waals surface area contributed by atoms with Crippen molar-refractivity contribution in [2.24, 2.45) is 5.92 Å². The first-order valence-corrected chi connectivity index (χ1v) is 9.56. The minimum atomic E-state index is -0.0995. The first-order valence-electron chi connectivity index (χ1n) is 9.56. The van der Waals surface area contributed by atoms with E-state index < -0.39 is 0 Å². The van der Waals surface area contributed by atoms with Crippen LogP contribution in [0.15, 0.2) is 21.0 Å². The zero-order valence-corrected chi connectivity index (χ0v) is 16.6. The Morgan fingerprint density at radius 1 is 1.07 bits per heavy atom. The van der Waals surface area contributed by atoms with Crippen molar-refractivity contribution in [1.82, 2.24) is 10.2 Å². The number of rotatable bonds is 5. The number of nitrogens with zero attached hydrogens (tertiary/aromatic N) is 1.